The van der Waals surface area contributed by atoms with Gasteiger partial charge >= 0.3 is 5.97 Å². The number of methoxy groups -OCH3 is 1. The summed E-state index contributed by atoms with van der Waals surface area (Å²) in [6, 6.07) is 13.5. The molecule has 0 unspecified atom stereocenters. The zero-order chi connectivity index (χ0) is 26.2. The fourth-order valence-electron chi connectivity index (χ4n) is 5.08. The number of esters is 1. The summed E-state index contributed by atoms with van der Waals surface area (Å²) in [6.45, 7) is 3.81. The number of amides is 2. The molecule has 1 fully saturated rings. The number of nitrogens with zero attached hydrogens (tertiary/aromatic N) is 2. The van der Waals surface area contributed by atoms with Crippen molar-refractivity contribution in [2.75, 3.05) is 38.3 Å². The lowest BCUT2D eigenvalue weighted by Gasteiger charge is -2.41. The number of fused-ring (bicyclic) bond motifs is 1. The van der Waals surface area contributed by atoms with E-state index >= 15 is 0 Å². The Kier molecular flexibility index (Phi) is 9.04. The van der Waals surface area contributed by atoms with Crippen LogP contribution >= 0.6 is 0 Å². The summed E-state index contributed by atoms with van der Waals surface area (Å²) in [5.41, 5.74) is 2.73. The minimum Gasteiger partial charge on any atom is -0.496 e. The zero-order valence-electron chi connectivity index (χ0n) is 21.7. The lowest BCUT2D eigenvalue weighted by atomic mass is 9.95. The van der Waals surface area contributed by atoms with Crippen LogP contribution in [-0.2, 0) is 20.7 Å². The van der Waals surface area contributed by atoms with E-state index in [0.717, 1.165) is 31.4 Å². The van der Waals surface area contributed by atoms with Crippen LogP contribution in [0.5, 0.6) is 11.5 Å². The SMILES string of the molecule is CCOC(=O)CCCCOc1ccc(C(=O)N2CCC(N3C(=O)CCc4ccccc43)CC2)c(OC)c1. The van der Waals surface area contributed by atoms with Crippen molar-refractivity contribution in [1.82, 2.24) is 4.90 Å². The normalized spacial score (nSPS) is 15.8. The third-order valence-corrected chi connectivity index (χ3v) is 7.00. The van der Waals surface area contributed by atoms with Crippen molar-refractivity contribution in [3.8, 4) is 11.5 Å². The van der Waals surface area contributed by atoms with E-state index in [1.807, 2.05) is 28.0 Å². The number of ether oxygens (including phenoxy) is 3. The topological polar surface area (TPSA) is 85.4 Å². The fourth-order valence-corrected chi connectivity index (χ4v) is 5.08. The number of anilines is 1. The maximum absolute atomic E-state index is 13.3. The van der Waals surface area contributed by atoms with Crippen molar-refractivity contribution in [2.24, 2.45) is 0 Å². The molecule has 37 heavy (non-hydrogen) atoms. The standard InChI is InChI=1S/C29H36N2O6/c1-3-36-28(33)10-6-7-19-37-23-12-13-24(26(20-23)35-2)29(34)30-17-15-22(16-18-30)31-25-9-5-4-8-21(25)11-14-27(31)32/h4-5,8-9,12-13,20,22H,3,6-7,10-11,14-19H2,1-2H3. The molecule has 2 aliphatic heterocycles. The molecule has 1 saturated heterocycles. The Balaban J connectivity index is 1.32. The maximum Gasteiger partial charge on any atom is 0.305 e. The Morgan fingerprint density at radius 2 is 1.81 bits per heavy atom. The number of rotatable bonds is 10. The Morgan fingerprint density at radius 1 is 1.03 bits per heavy atom. The Bertz CT molecular complexity index is 1110. The summed E-state index contributed by atoms with van der Waals surface area (Å²) in [7, 11) is 1.54. The number of piperidine rings is 1. The van der Waals surface area contributed by atoms with Gasteiger partial charge in [0.05, 0.1) is 25.9 Å². The Labute approximate surface area is 218 Å². The third-order valence-electron chi connectivity index (χ3n) is 7.00. The van der Waals surface area contributed by atoms with Crippen LogP contribution < -0.4 is 14.4 Å². The molecule has 0 bridgehead atoms. The van der Waals surface area contributed by atoms with Gasteiger partial charge in [-0.3, -0.25) is 14.4 Å². The molecule has 8 heteroatoms. The number of carbonyl (C=O) groups excluding carboxylic acids is 3. The van der Waals surface area contributed by atoms with Gasteiger partial charge in [-0.05, 0) is 62.8 Å². The summed E-state index contributed by atoms with van der Waals surface area (Å²) < 4.78 is 16.2. The van der Waals surface area contributed by atoms with Gasteiger partial charge in [0.15, 0.2) is 0 Å². The minimum atomic E-state index is -0.191. The van der Waals surface area contributed by atoms with Crippen LogP contribution in [0.25, 0.3) is 0 Å². The monoisotopic (exact) mass is 508 g/mol. The van der Waals surface area contributed by atoms with Crippen LogP contribution in [0.15, 0.2) is 42.5 Å². The molecule has 2 aromatic rings. The van der Waals surface area contributed by atoms with Crippen molar-refractivity contribution >= 4 is 23.5 Å². The van der Waals surface area contributed by atoms with E-state index in [2.05, 4.69) is 6.07 Å². The number of likely N-dealkylation sites (tertiary alicyclic amines) is 1. The van der Waals surface area contributed by atoms with Crippen molar-refractivity contribution in [2.45, 2.75) is 57.9 Å². The van der Waals surface area contributed by atoms with Crippen LogP contribution in [0.2, 0.25) is 0 Å². The lowest BCUT2D eigenvalue weighted by molar-refractivity contribution is -0.143. The molecule has 2 heterocycles. The van der Waals surface area contributed by atoms with E-state index in [4.69, 9.17) is 14.2 Å². The molecule has 0 aromatic heterocycles. The number of hydrogen-bond acceptors (Lipinski definition) is 6. The molecule has 2 aliphatic rings. The quantitative estimate of drug-likeness (QED) is 0.350. The second-order valence-electron chi connectivity index (χ2n) is 9.39. The molecule has 0 saturated carbocycles. The summed E-state index contributed by atoms with van der Waals surface area (Å²) in [5, 5.41) is 0. The van der Waals surface area contributed by atoms with Crippen LogP contribution in [0, 0.1) is 0 Å². The van der Waals surface area contributed by atoms with E-state index in [9.17, 15) is 14.4 Å². The molecule has 2 amide bonds. The van der Waals surface area contributed by atoms with Crippen LogP contribution in [-0.4, -0.2) is 62.1 Å². The van der Waals surface area contributed by atoms with Crippen molar-refractivity contribution in [3.63, 3.8) is 0 Å². The van der Waals surface area contributed by atoms with Crippen molar-refractivity contribution in [1.29, 1.82) is 0 Å². The van der Waals surface area contributed by atoms with E-state index in [1.54, 1.807) is 32.2 Å². The summed E-state index contributed by atoms with van der Waals surface area (Å²) in [5.74, 6) is 0.980. The van der Waals surface area contributed by atoms with Crippen molar-refractivity contribution < 1.29 is 28.6 Å². The highest BCUT2D eigenvalue weighted by molar-refractivity contribution is 5.98. The molecule has 198 valence electrons. The number of benzene rings is 2. The average molecular weight is 509 g/mol. The maximum atomic E-state index is 13.3. The van der Waals surface area contributed by atoms with Gasteiger partial charge in [0.2, 0.25) is 5.91 Å². The molecule has 0 spiro atoms. The minimum absolute atomic E-state index is 0.0818. The number of aryl methyl sites for hydroxylation is 1. The van der Waals surface area contributed by atoms with Gasteiger partial charge in [-0.25, -0.2) is 0 Å². The first-order valence-electron chi connectivity index (χ1n) is 13.2. The van der Waals surface area contributed by atoms with Gasteiger partial charge in [-0.15, -0.1) is 0 Å². The highest BCUT2D eigenvalue weighted by Gasteiger charge is 2.34. The van der Waals surface area contributed by atoms with Gasteiger partial charge in [0, 0.05) is 43.7 Å². The highest BCUT2D eigenvalue weighted by atomic mass is 16.5. The van der Waals surface area contributed by atoms with Crippen LogP contribution in [0.1, 0.15) is 61.4 Å². The van der Waals surface area contributed by atoms with Crippen LogP contribution in [0.4, 0.5) is 5.69 Å². The van der Waals surface area contributed by atoms with Gasteiger partial charge in [0.25, 0.3) is 5.91 Å². The van der Waals surface area contributed by atoms with Gasteiger partial charge in [-0.2, -0.15) is 0 Å². The largest absolute Gasteiger partial charge is 0.496 e. The van der Waals surface area contributed by atoms with Gasteiger partial charge in [0.1, 0.15) is 11.5 Å². The van der Waals surface area contributed by atoms with E-state index in [-0.39, 0.29) is 23.8 Å². The molecular weight excluding hydrogens is 472 g/mol. The van der Waals surface area contributed by atoms with Gasteiger partial charge < -0.3 is 24.0 Å². The second kappa shape index (κ2) is 12.6. The molecule has 8 nitrogen and oxygen atoms in total. The third kappa shape index (κ3) is 6.42. The first kappa shape index (κ1) is 26.5. The zero-order valence-corrected chi connectivity index (χ0v) is 21.7. The molecule has 0 radical (unpaired) electrons. The lowest BCUT2D eigenvalue weighted by Crippen LogP contribution is -2.50. The molecule has 4 rings (SSSR count). The Hall–Kier alpha value is -3.55. The first-order chi connectivity index (χ1) is 18.0. The summed E-state index contributed by atoms with van der Waals surface area (Å²) >= 11 is 0. The predicted octanol–water partition coefficient (Wildman–Crippen LogP) is 4.39. The Morgan fingerprint density at radius 3 is 2.57 bits per heavy atom. The van der Waals surface area contributed by atoms with E-state index in [0.29, 0.717) is 62.6 Å². The summed E-state index contributed by atoms with van der Waals surface area (Å²) in [6.07, 6.45) is 4.59. The fraction of sp³-hybridized carbons (Fsp3) is 0.483. The molecule has 2 aromatic carbocycles. The smallest absolute Gasteiger partial charge is 0.305 e. The first-order valence-corrected chi connectivity index (χ1v) is 13.2. The predicted molar refractivity (Wildman–Crippen MR) is 140 cm³/mol. The van der Waals surface area contributed by atoms with E-state index < -0.39 is 0 Å². The van der Waals surface area contributed by atoms with E-state index in [1.165, 1.54) is 5.56 Å². The average Bonchev–Trinajstić information content (AvgIpc) is 2.92. The van der Waals surface area contributed by atoms with Crippen LogP contribution in [0.3, 0.4) is 0 Å². The number of unbranched alkanes of at least 4 members (excludes halogenated alkanes) is 1. The molecule has 0 N–H and O–H groups in total. The molecule has 0 aliphatic carbocycles. The van der Waals surface area contributed by atoms with Gasteiger partial charge in [-0.1, -0.05) is 18.2 Å². The molecule has 0 atom stereocenters. The number of carbonyl (C=O) groups is 3. The number of para-hydroxylation sites is 1. The number of hydrogen-bond donors (Lipinski definition) is 0. The highest BCUT2D eigenvalue weighted by Crippen LogP contribution is 2.33. The van der Waals surface area contributed by atoms with Crippen molar-refractivity contribution in [3.05, 3.63) is 53.6 Å². The molecular formula is C29H36N2O6. The second-order valence-corrected chi connectivity index (χ2v) is 9.39. The summed E-state index contributed by atoms with van der Waals surface area (Å²) in [4.78, 5) is 41.3.